The number of nitrogens with zero attached hydrogens (tertiary/aromatic N) is 1. The number of ether oxygens (including phenoxy) is 1. The first-order valence-electron chi connectivity index (χ1n) is 3.23. The molecule has 12 heavy (non-hydrogen) atoms. The zero-order chi connectivity index (χ0) is 9.14. The van der Waals surface area contributed by atoms with Gasteiger partial charge in [-0.3, -0.25) is 4.18 Å². The van der Waals surface area contributed by atoms with Crippen molar-refractivity contribution in [2.75, 3.05) is 20.3 Å². The van der Waals surface area contributed by atoms with Crippen molar-refractivity contribution in [3.05, 3.63) is 0 Å². The van der Waals surface area contributed by atoms with Crippen LogP contribution in [0.3, 0.4) is 0 Å². The van der Waals surface area contributed by atoms with Crippen LogP contribution in [0.4, 0.5) is 4.79 Å². The summed E-state index contributed by atoms with van der Waals surface area (Å²) in [7, 11) is 1.45. The monoisotopic (exact) mass is 195 g/mol. The van der Waals surface area contributed by atoms with Crippen LogP contribution in [-0.2, 0) is 20.2 Å². The standard InChI is InChI=1S/C5H9NO5S/c1-10-2-4-3-11-12(9)6(4)5(7)8/h4H,2-3H2,1H3,(H,7,8). The fourth-order valence-corrected chi connectivity index (χ4v) is 1.79. The molecule has 1 aliphatic rings. The van der Waals surface area contributed by atoms with Gasteiger partial charge in [0.15, 0.2) is 0 Å². The second kappa shape index (κ2) is 3.83. The topological polar surface area (TPSA) is 76.1 Å². The Morgan fingerprint density at radius 2 is 2.58 bits per heavy atom. The number of carboxylic acid groups (broad SMARTS) is 1. The van der Waals surface area contributed by atoms with Crippen LogP contribution in [0.15, 0.2) is 0 Å². The van der Waals surface area contributed by atoms with Crippen LogP contribution in [0.5, 0.6) is 0 Å². The SMILES string of the molecule is COCC1COS(=O)N1C(=O)O. The number of methoxy groups -OCH3 is 1. The maximum absolute atomic E-state index is 10.9. The molecule has 0 aromatic rings. The van der Waals surface area contributed by atoms with Crippen molar-refractivity contribution in [3.63, 3.8) is 0 Å². The highest BCUT2D eigenvalue weighted by atomic mass is 32.2. The Hall–Kier alpha value is -0.660. The van der Waals surface area contributed by atoms with E-state index in [4.69, 9.17) is 9.84 Å². The van der Waals surface area contributed by atoms with E-state index in [1.54, 1.807) is 0 Å². The lowest BCUT2D eigenvalue weighted by Crippen LogP contribution is -2.38. The van der Waals surface area contributed by atoms with E-state index in [1.165, 1.54) is 7.11 Å². The van der Waals surface area contributed by atoms with E-state index in [-0.39, 0.29) is 13.2 Å². The van der Waals surface area contributed by atoms with Crippen LogP contribution >= 0.6 is 0 Å². The summed E-state index contributed by atoms with van der Waals surface area (Å²) in [4.78, 5) is 10.5. The highest BCUT2D eigenvalue weighted by Crippen LogP contribution is 2.14. The third-order valence-corrected chi connectivity index (χ3v) is 2.51. The first-order valence-corrected chi connectivity index (χ1v) is 4.26. The van der Waals surface area contributed by atoms with Gasteiger partial charge in [0, 0.05) is 7.11 Å². The maximum atomic E-state index is 10.9. The molecule has 0 radical (unpaired) electrons. The van der Waals surface area contributed by atoms with Gasteiger partial charge in [0.05, 0.1) is 19.3 Å². The summed E-state index contributed by atoms with van der Waals surface area (Å²) in [5, 5.41) is 8.58. The van der Waals surface area contributed by atoms with Crippen molar-refractivity contribution in [3.8, 4) is 0 Å². The molecule has 1 saturated heterocycles. The lowest BCUT2D eigenvalue weighted by molar-refractivity contribution is 0.118. The molecule has 1 aliphatic heterocycles. The highest BCUT2D eigenvalue weighted by molar-refractivity contribution is 7.78. The Morgan fingerprint density at radius 3 is 3.08 bits per heavy atom. The van der Waals surface area contributed by atoms with Crippen molar-refractivity contribution >= 4 is 17.4 Å². The van der Waals surface area contributed by atoms with Gasteiger partial charge in [-0.1, -0.05) is 0 Å². The molecule has 0 bridgehead atoms. The number of rotatable bonds is 2. The second-order valence-electron chi connectivity index (χ2n) is 2.22. The summed E-state index contributed by atoms with van der Waals surface area (Å²) >= 11 is -1.87. The maximum Gasteiger partial charge on any atom is 0.421 e. The molecule has 0 aromatic carbocycles. The van der Waals surface area contributed by atoms with Crippen LogP contribution in [0.2, 0.25) is 0 Å². The minimum Gasteiger partial charge on any atom is -0.464 e. The minimum absolute atomic E-state index is 0.118. The first-order chi connectivity index (χ1) is 5.66. The van der Waals surface area contributed by atoms with E-state index in [1.807, 2.05) is 0 Å². The summed E-state index contributed by atoms with van der Waals surface area (Å²) in [6.45, 7) is 0.310. The molecule has 1 fully saturated rings. The normalized spacial score (nSPS) is 29.2. The van der Waals surface area contributed by atoms with Gasteiger partial charge in [-0.15, -0.1) is 0 Å². The van der Waals surface area contributed by atoms with Crippen LogP contribution in [0.1, 0.15) is 0 Å². The number of amides is 1. The Bertz CT molecular complexity index is 208. The van der Waals surface area contributed by atoms with E-state index < -0.39 is 23.4 Å². The molecule has 0 aliphatic carbocycles. The lowest BCUT2D eigenvalue weighted by Gasteiger charge is -2.15. The molecule has 2 atom stereocenters. The molecule has 1 rings (SSSR count). The van der Waals surface area contributed by atoms with Crippen molar-refractivity contribution < 1.29 is 23.0 Å². The molecule has 7 heteroatoms. The lowest BCUT2D eigenvalue weighted by atomic mass is 10.3. The van der Waals surface area contributed by atoms with Gasteiger partial charge in [0.25, 0.3) is 11.3 Å². The molecule has 1 N–H and O–H groups in total. The van der Waals surface area contributed by atoms with E-state index in [2.05, 4.69) is 4.18 Å². The highest BCUT2D eigenvalue weighted by Gasteiger charge is 2.36. The summed E-state index contributed by atoms with van der Waals surface area (Å²) < 4.78 is 21.0. The summed E-state index contributed by atoms with van der Waals surface area (Å²) in [6.07, 6.45) is -1.26. The smallest absolute Gasteiger partial charge is 0.421 e. The first kappa shape index (κ1) is 9.43. The van der Waals surface area contributed by atoms with E-state index >= 15 is 0 Å². The van der Waals surface area contributed by atoms with Gasteiger partial charge in [-0.25, -0.2) is 9.00 Å². The summed E-state index contributed by atoms with van der Waals surface area (Å²) in [6, 6.07) is -0.465. The van der Waals surface area contributed by atoms with Gasteiger partial charge in [-0.2, -0.15) is 4.31 Å². The van der Waals surface area contributed by atoms with E-state index in [9.17, 15) is 9.00 Å². The zero-order valence-corrected chi connectivity index (χ0v) is 7.24. The van der Waals surface area contributed by atoms with Gasteiger partial charge >= 0.3 is 6.09 Å². The van der Waals surface area contributed by atoms with Crippen LogP contribution < -0.4 is 0 Å². The molecule has 6 nitrogen and oxygen atoms in total. The molecular weight excluding hydrogens is 186 g/mol. The third kappa shape index (κ3) is 1.74. The third-order valence-electron chi connectivity index (χ3n) is 1.40. The fraction of sp³-hybridized carbons (Fsp3) is 0.800. The minimum atomic E-state index is -1.87. The Morgan fingerprint density at radius 1 is 1.92 bits per heavy atom. The molecule has 70 valence electrons. The van der Waals surface area contributed by atoms with Crippen LogP contribution in [0.25, 0.3) is 0 Å². The van der Waals surface area contributed by atoms with Crippen LogP contribution in [-0.4, -0.2) is 46.1 Å². The molecular formula is C5H9NO5S. The molecule has 1 heterocycles. The van der Waals surface area contributed by atoms with E-state index in [0.717, 1.165) is 4.31 Å². The second-order valence-corrected chi connectivity index (χ2v) is 3.28. The van der Waals surface area contributed by atoms with Crippen molar-refractivity contribution in [2.45, 2.75) is 6.04 Å². The largest absolute Gasteiger partial charge is 0.464 e. The van der Waals surface area contributed by atoms with Crippen LogP contribution in [0, 0.1) is 0 Å². The summed E-state index contributed by atoms with van der Waals surface area (Å²) in [5.41, 5.74) is 0. The van der Waals surface area contributed by atoms with Gasteiger partial charge in [0.1, 0.15) is 0 Å². The fourth-order valence-electron chi connectivity index (χ4n) is 0.911. The number of hydrogen-bond donors (Lipinski definition) is 1. The Kier molecular flexibility index (Phi) is 3.01. The quantitative estimate of drug-likeness (QED) is 0.648. The number of hydrogen-bond acceptors (Lipinski definition) is 4. The predicted molar refractivity (Wildman–Crippen MR) is 39.6 cm³/mol. The predicted octanol–water partition coefficient (Wildman–Crippen LogP) is -0.410. The van der Waals surface area contributed by atoms with Gasteiger partial charge in [-0.05, 0) is 0 Å². The zero-order valence-electron chi connectivity index (χ0n) is 6.43. The molecule has 2 unspecified atom stereocenters. The number of carbonyl (C=O) groups is 1. The average Bonchev–Trinajstić information content (AvgIpc) is 2.32. The molecule has 0 aromatic heterocycles. The Labute approximate surface area is 71.9 Å². The van der Waals surface area contributed by atoms with Crippen molar-refractivity contribution in [2.24, 2.45) is 0 Å². The van der Waals surface area contributed by atoms with Gasteiger partial charge < -0.3 is 9.84 Å². The Balaban J connectivity index is 2.63. The van der Waals surface area contributed by atoms with E-state index in [0.29, 0.717) is 0 Å². The molecule has 0 spiro atoms. The molecule has 0 saturated carbocycles. The van der Waals surface area contributed by atoms with Crippen molar-refractivity contribution in [1.82, 2.24) is 4.31 Å². The summed E-state index contributed by atoms with van der Waals surface area (Å²) in [5.74, 6) is 0. The molecule has 1 amide bonds. The van der Waals surface area contributed by atoms with Crippen molar-refractivity contribution in [1.29, 1.82) is 0 Å². The van der Waals surface area contributed by atoms with Gasteiger partial charge in [0.2, 0.25) is 0 Å². The average molecular weight is 195 g/mol.